The Hall–Kier alpha value is -2.27. The van der Waals surface area contributed by atoms with Crippen molar-refractivity contribution in [2.24, 2.45) is 5.92 Å². The second kappa shape index (κ2) is 11.4. The average molecular weight is 473 g/mol. The Bertz CT molecular complexity index is 974. The van der Waals surface area contributed by atoms with Gasteiger partial charge in [0.1, 0.15) is 11.6 Å². The van der Waals surface area contributed by atoms with E-state index in [1.54, 1.807) is 12.1 Å². The van der Waals surface area contributed by atoms with Crippen molar-refractivity contribution in [1.29, 1.82) is 0 Å². The molecular formula is C29H35F3O2. The van der Waals surface area contributed by atoms with E-state index in [4.69, 9.17) is 9.47 Å². The van der Waals surface area contributed by atoms with Gasteiger partial charge in [-0.3, -0.25) is 0 Å². The van der Waals surface area contributed by atoms with Gasteiger partial charge in [0.2, 0.25) is 0 Å². The van der Waals surface area contributed by atoms with Crippen LogP contribution in [0, 0.1) is 23.4 Å². The van der Waals surface area contributed by atoms with E-state index < -0.39 is 11.6 Å². The highest BCUT2D eigenvalue weighted by molar-refractivity contribution is 5.32. The Balaban J connectivity index is 1.30. The van der Waals surface area contributed by atoms with Crippen LogP contribution in [0.4, 0.5) is 13.2 Å². The van der Waals surface area contributed by atoms with Gasteiger partial charge in [-0.15, -0.1) is 6.58 Å². The fraction of sp³-hybridized carbons (Fsp3) is 0.517. The van der Waals surface area contributed by atoms with E-state index in [2.05, 4.69) is 6.58 Å². The van der Waals surface area contributed by atoms with Gasteiger partial charge in [-0.2, -0.15) is 0 Å². The first-order valence-electron chi connectivity index (χ1n) is 12.6. The maximum atomic E-state index is 14.8. The van der Waals surface area contributed by atoms with Gasteiger partial charge >= 0.3 is 0 Å². The van der Waals surface area contributed by atoms with Crippen LogP contribution in [0.5, 0.6) is 5.75 Å². The Morgan fingerprint density at radius 3 is 2.15 bits per heavy atom. The molecule has 0 aromatic heterocycles. The van der Waals surface area contributed by atoms with Crippen molar-refractivity contribution >= 4 is 0 Å². The predicted molar refractivity (Wildman–Crippen MR) is 129 cm³/mol. The second-order valence-electron chi connectivity index (χ2n) is 9.69. The summed E-state index contributed by atoms with van der Waals surface area (Å²) in [7, 11) is 0. The van der Waals surface area contributed by atoms with Crippen LogP contribution < -0.4 is 4.74 Å². The molecule has 0 radical (unpaired) electrons. The maximum Gasteiger partial charge on any atom is 0.164 e. The van der Waals surface area contributed by atoms with E-state index in [9.17, 15) is 13.2 Å². The molecule has 2 aliphatic carbocycles. The number of ether oxygens (including phenoxy) is 2. The molecular weight excluding hydrogens is 437 g/mol. The van der Waals surface area contributed by atoms with Crippen molar-refractivity contribution < 1.29 is 22.6 Å². The summed E-state index contributed by atoms with van der Waals surface area (Å²) in [6.07, 6.45) is 8.76. The van der Waals surface area contributed by atoms with Crippen molar-refractivity contribution in [3.63, 3.8) is 0 Å². The Morgan fingerprint density at radius 1 is 0.853 bits per heavy atom. The zero-order valence-electron chi connectivity index (χ0n) is 20.0. The highest BCUT2D eigenvalue weighted by Gasteiger charge is 2.27. The number of halogens is 3. The van der Waals surface area contributed by atoms with Crippen molar-refractivity contribution in [2.45, 2.75) is 82.8 Å². The number of allylic oxidation sites excluding steroid dienone is 1. The lowest BCUT2D eigenvalue weighted by Crippen LogP contribution is -2.21. The van der Waals surface area contributed by atoms with Crippen LogP contribution in [0.3, 0.4) is 0 Å². The highest BCUT2D eigenvalue weighted by Crippen LogP contribution is 2.39. The van der Waals surface area contributed by atoms with Gasteiger partial charge in [0.05, 0.1) is 19.3 Å². The van der Waals surface area contributed by atoms with Crippen LogP contribution in [0.1, 0.15) is 86.8 Å². The normalized spacial score (nSPS) is 25.2. The first-order valence-corrected chi connectivity index (χ1v) is 12.6. The summed E-state index contributed by atoms with van der Waals surface area (Å²) in [5, 5.41) is 0. The molecule has 0 spiro atoms. The first kappa shape index (κ1) is 24.8. The predicted octanol–water partition coefficient (Wildman–Crippen LogP) is 8.21. The molecule has 0 atom stereocenters. The quantitative estimate of drug-likeness (QED) is 0.361. The fourth-order valence-corrected chi connectivity index (χ4v) is 5.54. The second-order valence-corrected chi connectivity index (χ2v) is 9.69. The number of hydrogen-bond acceptors (Lipinski definition) is 2. The van der Waals surface area contributed by atoms with Crippen molar-refractivity contribution in [3.05, 3.63) is 77.1 Å². The topological polar surface area (TPSA) is 18.5 Å². The van der Waals surface area contributed by atoms with Gasteiger partial charge in [-0.25, -0.2) is 13.2 Å². The summed E-state index contributed by atoms with van der Waals surface area (Å²) in [5.41, 5.74) is 1.47. The third kappa shape index (κ3) is 5.68. The zero-order chi connectivity index (χ0) is 24.1. The summed E-state index contributed by atoms with van der Waals surface area (Å²) in [6.45, 7) is 6.28. The summed E-state index contributed by atoms with van der Waals surface area (Å²) in [4.78, 5) is 0. The van der Waals surface area contributed by atoms with Crippen molar-refractivity contribution in [1.82, 2.24) is 0 Å². The van der Waals surface area contributed by atoms with Gasteiger partial charge in [-0.1, -0.05) is 24.3 Å². The molecule has 0 bridgehead atoms. The van der Waals surface area contributed by atoms with Gasteiger partial charge in [0.25, 0.3) is 0 Å². The van der Waals surface area contributed by atoms with E-state index in [0.29, 0.717) is 29.4 Å². The van der Waals surface area contributed by atoms with Crippen molar-refractivity contribution in [2.75, 3.05) is 6.61 Å². The van der Waals surface area contributed by atoms with Gasteiger partial charge in [0.15, 0.2) is 11.6 Å². The standard InChI is InChI=1S/C29H35F3O2/c1-3-19-5-7-21(8-6-19)26-15-11-22(28(31)29(26)32)18-34-23-12-9-20(10-13-23)25-16-14-24(33-4-2)17-27(25)30/h3,11,14-17,19-21,23H,1,4-10,12-13,18H2,2H3. The highest BCUT2D eigenvalue weighted by atomic mass is 19.2. The fourth-order valence-electron chi connectivity index (χ4n) is 5.54. The SMILES string of the molecule is C=CC1CCC(c2ccc(COC3CCC(c4ccc(OCC)cc4F)CC3)c(F)c2F)CC1. The van der Waals surface area contributed by atoms with E-state index in [1.165, 1.54) is 6.07 Å². The minimum Gasteiger partial charge on any atom is -0.494 e. The number of benzene rings is 2. The summed E-state index contributed by atoms with van der Waals surface area (Å²) >= 11 is 0. The lowest BCUT2D eigenvalue weighted by molar-refractivity contribution is 0.0116. The zero-order valence-corrected chi connectivity index (χ0v) is 20.0. The molecule has 2 nitrogen and oxygen atoms in total. The Morgan fingerprint density at radius 2 is 1.50 bits per heavy atom. The average Bonchev–Trinajstić information content (AvgIpc) is 2.86. The number of rotatable bonds is 8. The Labute approximate surface area is 201 Å². The molecule has 0 heterocycles. The summed E-state index contributed by atoms with van der Waals surface area (Å²) in [6, 6.07) is 8.50. The Kier molecular flexibility index (Phi) is 8.36. The minimum absolute atomic E-state index is 0.0293. The molecule has 2 aliphatic rings. The monoisotopic (exact) mass is 472 g/mol. The molecule has 5 heteroatoms. The number of hydrogen-bond donors (Lipinski definition) is 0. The molecule has 4 rings (SSSR count). The largest absolute Gasteiger partial charge is 0.494 e. The van der Waals surface area contributed by atoms with Crippen LogP contribution in [0.15, 0.2) is 43.0 Å². The molecule has 2 fully saturated rings. The lowest BCUT2D eigenvalue weighted by atomic mass is 9.78. The van der Waals surface area contributed by atoms with E-state index >= 15 is 0 Å². The molecule has 34 heavy (non-hydrogen) atoms. The molecule has 0 amide bonds. The third-order valence-corrected chi connectivity index (χ3v) is 7.61. The third-order valence-electron chi connectivity index (χ3n) is 7.61. The van der Waals surface area contributed by atoms with Crippen LogP contribution in [0.25, 0.3) is 0 Å². The van der Waals surface area contributed by atoms with Crippen LogP contribution in [-0.4, -0.2) is 12.7 Å². The van der Waals surface area contributed by atoms with E-state index in [-0.39, 0.29) is 35.9 Å². The minimum atomic E-state index is -0.784. The molecule has 0 N–H and O–H groups in total. The van der Waals surface area contributed by atoms with Crippen molar-refractivity contribution in [3.8, 4) is 5.75 Å². The van der Waals surface area contributed by atoms with E-state index in [0.717, 1.165) is 51.4 Å². The smallest absolute Gasteiger partial charge is 0.164 e. The maximum absolute atomic E-state index is 14.8. The van der Waals surface area contributed by atoms with Crippen LogP contribution >= 0.6 is 0 Å². The van der Waals surface area contributed by atoms with Gasteiger partial charge in [-0.05, 0) is 93.2 Å². The van der Waals surface area contributed by atoms with Crippen LogP contribution in [-0.2, 0) is 11.3 Å². The summed E-state index contributed by atoms with van der Waals surface area (Å²) in [5.74, 6) is -0.500. The van der Waals surface area contributed by atoms with Gasteiger partial charge in [0, 0.05) is 11.6 Å². The molecule has 2 aromatic rings. The summed E-state index contributed by atoms with van der Waals surface area (Å²) < 4.78 is 55.5. The van der Waals surface area contributed by atoms with Crippen LogP contribution in [0.2, 0.25) is 0 Å². The van der Waals surface area contributed by atoms with E-state index in [1.807, 2.05) is 25.1 Å². The molecule has 0 saturated heterocycles. The van der Waals surface area contributed by atoms with Gasteiger partial charge < -0.3 is 9.47 Å². The molecule has 0 aliphatic heterocycles. The lowest BCUT2D eigenvalue weighted by Gasteiger charge is -2.29. The molecule has 2 aromatic carbocycles. The molecule has 0 unspecified atom stereocenters. The first-order chi connectivity index (χ1) is 16.5. The molecule has 2 saturated carbocycles. The molecule has 184 valence electrons.